The molecule has 0 saturated carbocycles. The number of halogens is 2. The third-order valence-corrected chi connectivity index (χ3v) is 3.49. The van der Waals surface area contributed by atoms with E-state index < -0.39 is 0 Å². The lowest BCUT2D eigenvalue weighted by atomic mass is 10.0. The second-order valence-corrected chi connectivity index (χ2v) is 5.68. The SMILES string of the molecule is COC(=O)C(CC(C)C)NCc1ccc(F)cc1Br. The summed E-state index contributed by atoms with van der Waals surface area (Å²) in [5.41, 5.74) is 0.902. The van der Waals surface area contributed by atoms with E-state index in [9.17, 15) is 9.18 Å². The first kappa shape index (κ1) is 16.1. The fourth-order valence-corrected chi connectivity index (χ4v) is 2.27. The monoisotopic (exact) mass is 331 g/mol. The van der Waals surface area contributed by atoms with Crippen molar-refractivity contribution in [2.45, 2.75) is 32.9 Å². The quantitative estimate of drug-likeness (QED) is 0.813. The van der Waals surface area contributed by atoms with Crippen molar-refractivity contribution in [1.82, 2.24) is 5.32 Å². The number of hydrogen-bond acceptors (Lipinski definition) is 3. The Labute approximate surface area is 121 Å². The number of nitrogens with one attached hydrogen (secondary N) is 1. The van der Waals surface area contributed by atoms with Crippen LogP contribution in [0, 0.1) is 11.7 Å². The predicted octanol–water partition coefficient (Wildman–Crippen LogP) is 3.27. The summed E-state index contributed by atoms with van der Waals surface area (Å²) in [6.45, 7) is 4.57. The van der Waals surface area contributed by atoms with E-state index in [4.69, 9.17) is 4.74 Å². The maximum atomic E-state index is 13.0. The molecule has 0 aliphatic heterocycles. The fraction of sp³-hybridized carbons (Fsp3) is 0.500. The number of hydrogen-bond donors (Lipinski definition) is 1. The van der Waals surface area contributed by atoms with E-state index in [1.807, 2.05) is 13.8 Å². The van der Waals surface area contributed by atoms with Gasteiger partial charge in [-0.2, -0.15) is 0 Å². The van der Waals surface area contributed by atoms with Crippen LogP contribution in [0.1, 0.15) is 25.8 Å². The Morgan fingerprint density at radius 3 is 2.68 bits per heavy atom. The standard InChI is InChI=1S/C14H19BrFNO2/c1-9(2)6-13(14(18)19-3)17-8-10-4-5-11(16)7-12(10)15/h4-5,7,9,13,17H,6,8H2,1-3H3. The van der Waals surface area contributed by atoms with Gasteiger partial charge in [0.1, 0.15) is 11.9 Å². The van der Waals surface area contributed by atoms with Crippen LogP contribution in [0.4, 0.5) is 4.39 Å². The zero-order chi connectivity index (χ0) is 14.4. The topological polar surface area (TPSA) is 38.3 Å². The maximum absolute atomic E-state index is 13.0. The van der Waals surface area contributed by atoms with Crippen molar-refractivity contribution in [1.29, 1.82) is 0 Å². The second-order valence-electron chi connectivity index (χ2n) is 4.82. The first-order valence-electron chi connectivity index (χ1n) is 6.19. The van der Waals surface area contributed by atoms with Crippen molar-refractivity contribution in [2.24, 2.45) is 5.92 Å². The van der Waals surface area contributed by atoms with Crippen LogP contribution in [0.25, 0.3) is 0 Å². The molecule has 0 bridgehead atoms. The van der Waals surface area contributed by atoms with Gasteiger partial charge in [0.05, 0.1) is 7.11 Å². The molecule has 0 aromatic heterocycles. The fourth-order valence-electron chi connectivity index (χ4n) is 1.77. The normalized spacial score (nSPS) is 12.5. The van der Waals surface area contributed by atoms with Crippen LogP contribution in [-0.2, 0) is 16.1 Å². The average molecular weight is 332 g/mol. The third-order valence-electron chi connectivity index (χ3n) is 2.75. The Morgan fingerprint density at radius 1 is 1.47 bits per heavy atom. The van der Waals surface area contributed by atoms with Crippen LogP contribution >= 0.6 is 15.9 Å². The van der Waals surface area contributed by atoms with E-state index in [2.05, 4.69) is 21.2 Å². The smallest absolute Gasteiger partial charge is 0.322 e. The molecule has 106 valence electrons. The van der Waals surface area contributed by atoms with Gasteiger partial charge in [-0.1, -0.05) is 35.8 Å². The zero-order valence-electron chi connectivity index (χ0n) is 11.4. The molecule has 1 atom stereocenters. The van der Waals surface area contributed by atoms with E-state index >= 15 is 0 Å². The molecule has 0 radical (unpaired) electrons. The number of methoxy groups -OCH3 is 1. The van der Waals surface area contributed by atoms with Crippen molar-refractivity contribution in [3.8, 4) is 0 Å². The number of esters is 1. The summed E-state index contributed by atoms with van der Waals surface area (Å²) in [5, 5.41) is 3.15. The molecular weight excluding hydrogens is 313 g/mol. The maximum Gasteiger partial charge on any atom is 0.322 e. The van der Waals surface area contributed by atoms with Gasteiger partial charge in [0.25, 0.3) is 0 Å². The lowest BCUT2D eigenvalue weighted by Gasteiger charge is -2.18. The highest BCUT2D eigenvalue weighted by atomic mass is 79.9. The van der Waals surface area contributed by atoms with Crippen molar-refractivity contribution in [3.05, 3.63) is 34.1 Å². The van der Waals surface area contributed by atoms with Gasteiger partial charge in [0.15, 0.2) is 0 Å². The van der Waals surface area contributed by atoms with Gasteiger partial charge in [0, 0.05) is 11.0 Å². The highest BCUT2D eigenvalue weighted by Gasteiger charge is 2.20. The Kier molecular flexibility index (Phi) is 6.45. The molecule has 0 aliphatic rings. The largest absolute Gasteiger partial charge is 0.468 e. The third kappa shape index (κ3) is 5.28. The summed E-state index contributed by atoms with van der Waals surface area (Å²) in [7, 11) is 1.38. The van der Waals surface area contributed by atoms with Gasteiger partial charge in [-0.05, 0) is 30.0 Å². The molecule has 19 heavy (non-hydrogen) atoms. The van der Waals surface area contributed by atoms with E-state index in [1.165, 1.54) is 19.2 Å². The van der Waals surface area contributed by atoms with Crippen LogP contribution in [0.3, 0.4) is 0 Å². The number of carbonyl (C=O) groups is 1. The molecular formula is C14H19BrFNO2. The molecule has 1 aromatic rings. The Morgan fingerprint density at radius 2 is 2.16 bits per heavy atom. The van der Waals surface area contributed by atoms with E-state index in [0.717, 1.165) is 5.56 Å². The number of benzene rings is 1. The second kappa shape index (κ2) is 7.60. The number of ether oxygens (including phenoxy) is 1. The van der Waals surface area contributed by atoms with Gasteiger partial charge in [-0.3, -0.25) is 4.79 Å². The highest BCUT2D eigenvalue weighted by Crippen LogP contribution is 2.18. The first-order valence-corrected chi connectivity index (χ1v) is 6.98. The summed E-state index contributed by atoms with van der Waals surface area (Å²) in [6, 6.07) is 4.15. The highest BCUT2D eigenvalue weighted by molar-refractivity contribution is 9.10. The Balaban J connectivity index is 2.67. The molecule has 5 heteroatoms. The Hall–Kier alpha value is -0.940. The van der Waals surface area contributed by atoms with Crippen LogP contribution in [0.5, 0.6) is 0 Å². The van der Waals surface area contributed by atoms with E-state index in [-0.39, 0.29) is 17.8 Å². The minimum absolute atomic E-state index is 0.271. The van der Waals surface area contributed by atoms with Crippen LogP contribution in [0.15, 0.2) is 22.7 Å². The first-order chi connectivity index (χ1) is 8.93. The minimum atomic E-state index is -0.345. The van der Waals surface area contributed by atoms with Crippen molar-refractivity contribution in [2.75, 3.05) is 7.11 Å². The average Bonchev–Trinajstić information content (AvgIpc) is 2.34. The van der Waals surface area contributed by atoms with Gasteiger partial charge in [0.2, 0.25) is 0 Å². The predicted molar refractivity (Wildman–Crippen MR) is 76.2 cm³/mol. The molecule has 0 spiro atoms. The summed E-state index contributed by atoms with van der Waals surface area (Å²) in [6.07, 6.45) is 0.700. The Bertz CT molecular complexity index is 437. The molecule has 0 amide bonds. The van der Waals surface area contributed by atoms with Crippen molar-refractivity contribution >= 4 is 21.9 Å². The zero-order valence-corrected chi connectivity index (χ0v) is 13.0. The lowest BCUT2D eigenvalue weighted by Crippen LogP contribution is -2.38. The molecule has 0 aliphatic carbocycles. The summed E-state index contributed by atoms with van der Waals surface area (Å²) >= 11 is 3.31. The van der Waals surface area contributed by atoms with Gasteiger partial charge < -0.3 is 10.1 Å². The van der Waals surface area contributed by atoms with Gasteiger partial charge in [-0.25, -0.2) is 4.39 Å². The van der Waals surface area contributed by atoms with Crippen LogP contribution < -0.4 is 5.32 Å². The minimum Gasteiger partial charge on any atom is -0.468 e. The summed E-state index contributed by atoms with van der Waals surface area (Å²) < 4.78 is 18.4. The molecule has 0 saturated heterocycles. The molecule has 3 nitrogen and oxygen atoms in total. The van der Waals surface area contributed by atoms with Gasteiger partial charge in [-0.15, -0.1) is 0 Å². The molecule has 0 heterocycles. The number of rotatable bonds is 6. The number of carbonyl (C=O) groups excluding carboxylic acids is 1. The molecule has 1 unspecified atom stereocenters. The molecule has 1 N–H and O–H groups in total. The van der Waals surface area contributed by atoms with E-state index in [0.29, 0.717) is 23.4 Å². The van der Waals surface area contributed by atoms with Gasteiger partial charge >= 0.3 is 5.97 Å². The van der Waals surface area contributed by atoms with Crippen LogP contribution in [0.2, 0.25) is 0 Å². The molecule has 1 rings (SSSR count). The lowest BCUT2D eigenvalue weighted by molar-refractivity contribution is -0.143. The van der Waals surface area contributed by atoms with E-state index in [1.54, 1.807) is 6.07 Å². The summed E-state index contributed by atoms with van der Waals surface area (Å²) in [5.74, 6) is -0.178. The van der Waals surface area contributed by atoms with Crippen LogP contribution in [-0.4, -0.2) is 19.1 Å². The summed E-state index contributed by atoms with van der Waals surface area (Å²) in [4.78, 5) is 11.7. The van der Waals surface area contributed by atoms with Crippen molar-refractivity contribution < 1.29 is 13.9 Å². The molecule has 0 fully saturated rings. The van der Waals surface area contributed by atoms with Crippen molar-refractivity contribution in [3.63, 3.8) is 0 Å². The molecule has 1 aromatic carbocycles.